The van der Waals surface area contributed by atoms with Gasteiger partial charge in [-0.25, -0.2) is 0 Å². The van der Waals surface area contributed by atoms with Gasteiger partial charge in [-0.15, -0.1) is 0 Å². The number of benzene rings is 1. The van der Waals surface area contributed by atoms with Crippen LogP contribution in [-0.4, -0.2) is 11.1 Å². The second-order valence-electron chi connectivity index (χ2n) is 4.24. The van der Waals surface area contributed by atoms with Crippen molar-refractivity contribution in [3.05, 3.63) is 47.5 Å². The minimum Gasteiger partial charge on any atom is -0.480 e. The summed E-state index contributed by atoms with van der Waals surface area (Å²) in [5.41, 5.74) is 1.15. The molecule has 0 heterocycles. The van der Waals surface area contributed by atoms with Crippen LogP contribution in [0, 0.1) is 0 Å². The lowest BCUT2D eigenvalue weighted by atomic mass is 9.73. The van der Waals surface area contributed by atoms with Crippen molar-refractivity contribution in [2.75, 3.05) is 0 Å². The molecule has 0 saturated carbocycles. The topological polar surface area (TPSA) is 37.3 Å². The number of carboxylic acid groups (broad SMARTS) is 1. The third kappa shape index (κ3) is 1.37. The van der Waals surface area contributed by atoms with Crippen molar-refractivity contribution in [1.29, 1.82) is 0 Å². The second kappa shape index (κ2) is 3.23. The molecular weight excluding hydrogens is 188 g/mol. The molecule has 0 fully saturated rings. The van der Waals surface area contributed by atoms with E-state index in [1.807, 2.05) is 30.3 Å². The Bertz CT molecular complexity index is 434. The van der Waals surface area contributed by atoms with E-state index in [0.717, 1.165) is 11.1 Å². The lowest BCUT2D eigenvalue weighted by Crippen LogP contribution is -2.33. The molecule has 2 atom stereocenters. The highest BCUT2D eigenvalue weighted by molar-refractivity contribution is 5.85. The van der Waals surface area contributed by atoms with E-state index in [-0.39, 0.29) is 0 Å². The van der Waals surface area contributed by atoms with Gasteiger partial charge in [0.05, 0.1) is 0 Å². The maximum absolute atomic E-state index is 11.3. The van der Waals surface area contributed by atoms with Gasteiger partial charge in [0.1, 0.15) is 5.41 Å². The quantitative estimate of drug-likeness (QED) is 0.711. The largest absolute Gasteiger partial charge is 0.480 e. The van der Waals surface area contributed by atoms with Crippen molar-refractivity contribution in [1.82, 2.24) is 0 Å². The van der Waals surface area contributed by atoms with Crippen LogP contribution in [-0.2, 0) is 10.2 Å². The van der Waals surface area contributed by atoms with Crippen molar-refractivity contribution in [3.63, 3.8) is 0 Å². The summed E-state index contributed by atoms with van der Waals surface area (Å²) in [4.78, 5) is 11.3. The van der Waals surface area contributed by atoms with Crippen LogP contribution in [0.3, 0.4) is 0 Å². The summed E-state index contributed by atoms with van der Waals surface area (Å²) in [7, 11) is 0. The highest BCUT2D eigenvalue weighted by atomic mass is 16.4. The highest BCUT2D eigenvalue weighted by Crippen LogP contribution is 2.37. The third-order valence-electron chi connectivity index (χ3n) is 3.17. The predicted octanol–water partition coefficient (Wildman–Crippen LogP) is 2.70. The van der Waals surface area contributed by atoms with E-state index in [1.54, 1.807) is 13.0 Å². The van der Waals surface area contributed by atoms with Crippen molar-refractivity contribution < 1.29 is 9.90 Å². The summed E-state index contributed by atoms with van der Waals surface area (Å²) in [6.07, 6.45) is 3.76. The number of carboxylic acids is 1. The Kier molecular flexibility index (Phi) is 2.14. The van der Waals surface area contributed by atoms with Crippen LogP contribution in [0.25, 0.3) is 0 Å². The molecule has 2 heteroatoms. The molecular formula is C13H14O2. The summed E-state index contributed by atoms with van der Waals surface area (Å²) in [6, 6.07) is 7.76. The predicted molar refractivity (Wildman–Crippen MR) is 59.0 cm³/mol. The van der Waals surface area contributed by atoms with Crippen molar-refractivity contribution in [2.24, 2.45) is 0 Å². The molecule has 15 heavy (non-hydrogen) atoms. The molecule has 78 valence electrons. The summed E-state index contributed by atoms with van der Waals surface area (Å²) in [5, 5.41) is 9.28. The zero-order valence-electron chi connectivity index (χ0n) is 8.90. The van der Waals surface area contributed by atoms with E-state index in [9.17, 15) is 9.90 Å². The summed E-state index contributed by atoms with van der Waals surface area (Å²) in [6.45, 7) is 3.83. The lowest BCUT2D eigenvalue weighted by molar-refractivity contribution is -0.141. The standard InChI is InChI=1S/C13H14O2/c1-9-7-8-13(2,12(14)15)11-6-4-3-5-10(9)11/h3-9H,1-2H3,(H,14,15). The van der Waals surface area contributed by atoms with E-state index in [1.165, 1.54) is 0 Å². The molecule has 0 saturated heterocycles. The number of rotatable bonds is 1. The maximum Gasteiger partial charge on any atom is 0.317 e. The monoisotopic (exact) mass is 202 g/mol. The second-order valence-corrected chi connectivity index (χ2v) is 4.24. The fraction of sp³-hybridized carbons (Fsp3) is 0.308. The fourth-order valence-electron chi connectivity index (χ4n) is 2.08. The van der Waals surface area contributed by atoms with Gasteiger partial charge in [-0.1, -0.05) is 43.3 Å². The van der Waals surface area contributed by atoms with Gasteiger partial charge in [0.15, 0.2) is 0 Å². The first-order chi connectivity index (χ1) is 7.05. The number of hydrogen-bond acceptors (Lipinski definition) is 1. The minimum atomic E-state index is -0.872. The Labute approximate surface area is 89.2 Å². The van der Waals surface area contributed by atoms with E-state index < -0.39 is 11.4 Å². The molecule has 0 radical (unpaired) electrons. The van der Waals surface area contributed by atoms with E-state index in [0.29, 0.717) is 5.92 Å². The van der Waals surface area contributed by atoms with E-state index in [4.69, 9.17) is 0 Å². The number of allylic oxidation sites excluding steroid dienone is 1. The normalized spacial score (nSPS) is 28.5. The Balaban J connectivity index is 2.65. The smallest absolute Gasteiger partial charge is 0.317 e. The fourth-order valence-corrected chi connectivity index (χ4v) is 2.08. The van der Waals surface area contributed by atoms with Crippen LogP contribution in [0.4, 0.5) is 0 Å². The van der Waals surface area contributed by atoms with Gasteiger partial charge in [-0.3, -0.25) is 4.79 Å². The number of aliphatic carboxylic acids is 1. The van der Waals surface area contributed by atoms with Gasteiger partial charge in [-0.2, -0.15) is 0 Å². The van der Waals surface area contributed by atoms with E-state index >= 15 is 0 Å². The first-order valence-electron chi connectivity index (χ1n) is 5.08. The number of carbonyl (C=O) groups is 1. The van der Waals surface area contributed by atoms with Crippen LogP contribution >= 0.6 is 0 Å². The highest BCUT2D eigenvalue weighted by Gasteiger charge is 2.37. The van der Waals surface area contributed by atoms with Gasteiger partial charge in [0, 0.05) is 0 Å². The van der Waals surface area contributed by atoms with Crippen LogP contribution in [0.15, 0.2) is 36.4 Å². The maximum atomic E-state index is 11.3. The molecule has 2 unspecified atom stereocenters. The Morgan fingerprint density at radius 3 is 2.73 bits per heavy atom. The molecule has 2 rings (SSSR count). The van der Waals surface area contributed by atoms with Gasteiger partial charge in [0.25, 0.3) is 0 Å². The van der Waals surface area contributed by atoms with Crippen LogP contribution < -0.4 is 0 Å². The minimum absolute atomic E-state index is 0.300. The molecule has 1 aromatic carbocycles. The first-order valence-corrected chi connectivity index (χ1v) is 5.08. The molecule has 0 aliphatic heterocycles. The Morgan fingerprint density at radius 1 is 1.40 bits per heavy atom. The number of fused-ring (bicyclic) bond motifs is 1. The van der Waals surface area contributed by atoms with Gasteiger partial charge >= 0.3 is 5.97 Å². The molecule has 1 aromatic rings. The molecule has 1 aliphatic carbocycles. The molecule has 0 aromatic heterocycles. The van der Waals surface area contributed by atoms with Crippen LogP contribution in [0.1, 0.15) is 30.9 Å². The van der Waals surface area contributed by atoms with Gasteiger partial charge in [0.2, 0.25) is 0 Å². The SMILES string of the molecule is CC1C=CC(C)(C(=O)O)c2ccccc21. The zero-order valence-corrected chi connectivity index (χ0v) is 8.90. The molecule has 0 amide bonds. The van der Waals surface area contributed by atoms with Gasteiger partial charge < -0.3 is 5.11 Å². The van der Waals surface area contributed by atoms with Crippen molar-refractivity contribution in [3.8, 4) is 0 Å². The lowest BCUT2D eigenvalue weighted by Gasteiger charge is -2.30. The zero-order chi connectivity index (χ0) is 11.1. The first kappa shape index (κ1) is 9.97. The number of hydrogen-bond donors (Lipinski definition) is 1. The van der Waals surface area contributed by atoms with E-state index in [2.05, 4.69) is 6.92 Å². The molecule has 1 N–H and O–H groups in total. The Morgan fingerprint density at radius 2 is 2.07 bits per heavy atom. The summed E-state index contributed by atoms with van der Waals surface area (Å²) < 4.78 is 0. The molecule has 2 nitrogen and oxygen atoms in total. The Hall–Kier alpha value is -1.57. The van der Waals surface area contributed by atoms with Crippen LogP contribution in [0.5, 0.6) is 0 Å². The average Bonchev–Trinajstić information content (AvgIpc) is 2.24. The molecule has 1 aliphatic rings. The summed E-state index contributed by atoms with van der Waals surface area (Å²) >= 11 is 0. The molecule has 0 bridgehead atoms. The summed E-state index contributed by atoms with van der Waals surface area (Å²) in [5.74, 6) is -0.494. The molecule has 0 spiro atoms. The van der Waals surface area contributed by atoms with Crippen LogP contribution in [0.2, 0.25) is 0 Å². The van der Waals surface area contributed by atoms with Crippen molar-refractivity contribution >= 4 is 5.97 Å². The van der Waals surface area contributed by atoms with Gasteiger partial charge in [-0.05, 0) is 24.0 Å². The third-order valence-corrected chi connectivity index (χ3v) is 3.17. The average molecular weight is 202 g/mol. The van der Waals surface area contributed by atoms with Crippen molar-refractivity contribution in [2.45, 2.75) is 25.2 Å².